The zero-order chi connectivity index (χ0) is 24.9. The minimum absolute atomic E-state index is 0.0320. The summed E-state index contributed by atoms with van der Waals surface area (Å²) in [5.41, 5.74) is 3.10. The highest BCUT2D eigenvalue weighted by Crippen LogP contribution is 2.47. The first kappa shape index (κ1) is 23.7. The standard InChI is InChI=1S/C30H29NO5/c1-2-34-29(32)28-26-18-17-25(22-13-15-24(16-14-22)36-23-11-7-4-8-12-23)27(26)19-31(28)30(33)35-20-21-9-5-3-6-10-21/h3-17,26-28H,2,18-20H2,1H3/t26-,27+,28-/m0/s1. The first-order valence-electron chi connectivity index (χ1n) is 12.3. The zero-order valence-electron chi connectivity index (χ0n) is 20.2. The van der Waals surface area contributed by atoms with Gasteiger partial charge in [-0.25, -0.2) is 9.59 Å². The molecule has 1 amide bonds. The van der Waals surface area contributed by atoms with E-state index in [1.54, 1.807) is 11.8 Å². The van der Waals surface area contributed by atoms with E-state index in [1.807, 2.05) is 84.9 Å². The van der Waals surface area contributed by atoms with Crippen molar-refractivity contribution in [3.63, 3.8) is 0 Å². The van der Waals surface area contributed by atoms with Crippen molar-refractivity contribution in [1.29, 1.82) is 0 Å². The van der Waals surface area contributed by atoms with Crippen molar-refractivity contribution in [2.45, 2.75) is 26.0 Å². The van der Waals surface area contributed by atoms with Crippen LogP contribution in [0.15, 0.2) is 91.0 Å². The second-order valence-electron chi connectivity index (χ2n) is 8.99. The van der Waals surface area contributed by atoms with Gasteiger partial charge in [-0.1, -0.05) is 66.7 Å². The van der Waals surface area contributed by atoms with Crippen LogP contribution in [0.1, 0.15) is 24.5 Å². The molecule has 0 spiro atoms. The van der Waals surface area contributed by atoms with Gasteiger partial charge < -0.3 is 14.2 Å². The van der Waals surface area contributed by atoms with Gasteiger partial charge in [0.05, 0.1) is 6.61 Å². The Labute approximate surface area is 211 Å². The molecular formula is C30H29NO5. The van der Waals surface area contributed by atoms with Gasteiger partial charge in [-0.3, -0.25) is 4.90 Å². The van der Waals surface area contributed by atoms with E-state index in [0.29, 0.717) is 13.0 Å². The Morgan fingerprint density at radius 3 is 2.22 bits per heavy atom. The highest BCUT2D eigenvalue weighted by atomic mass is 16.6. The van der Waals surface area contributed by atoms with Crippen LogP contribution in [-0.4, -0.2) is 36.2 Å². The fraction of sp³-hybridized carbons (Fsp3) is 0.267. The Balaban J connectivity index is 1.31. The normalized spacial score (nSPS) is 20.4. The van der Waals surface area contributed by atoms with Crippen LogP contribution in [0.2, 0.25) is 0 Å². The number of hydrogen-bond acceptors (Lipinski definition) is 5. The van der Waals surface area contributed by atoms with Crippen molar-refractivity contribution in [3.05, 3.63) is 102 Å². The van der Waals surface area contributed by atoms with Crippen LogP contribution in [0.25, 0.3) is 5.57 Å². The molecule has 0 N–H and O–H groups in total. The van der Waals surface area contributed by atoms with Gasteiger partial charge in [-0.05, 0) is 54.3 Å². The maximum absolute atomic E-state index is 13.1. The summed E-state index contributed by atoms with van der Waals surface area (Å²) in [5, 5.41) is 0. The smallest absolute Gasteiger partial charge is 0.410 e. The molecule has 184 valence electrons. The lowest BCUT2D eigenvalue weighted by molar-refractivity contribution is -0.149. The number of rotatable bonds is 7. The fourth-order valence-corrected chi connectivity index (χ4v) is 5.14. The Bertz CT molecular complexity index is 1220. The Morgan fingerprint density at radius 2 is 1.53 bits per heavy atom. The van der Waals surface area contributed by atoms with Gasteiger partial charge in [0.2, 0.25) is 0 Å². The maximum atomic E-state index is 13.1. The van der Waals surface area contributed by atoms with Gasteiger partial charge in [-0.2, -0.15) is 0 Å². The third kappa shape index (κ3) is 4.98. The predicted molar refractivity (Wildman–Crippen MR) is 136 cm³/mol. The number of allylic oxidation sites excluding steroid dienone is 1. The molecule has 2 aliphatic rings. The van der Waals surface area contributed by atoms with Crippen LogP contribution < -0.4 is 4.74 Å². The molecule has 1 aliphatic heterocycles. The SMILES string of the molecule is CCOC(=O)[C@@H]1[C@H]2CC=C(c3ccc(Oc4ccccc4)cc3)[C@H]2CN1C(=O)OCc1ccccc1. The Hall–Kier alpha value is -4.06. The second-order valence-corrected chi connectivity index (χ2v) is 8.99. The molecule has 5 rings (SSSR count). The summed E-state index contributed by atoms with van der Waals surface area (Å²) in [6.45, 7) is 2.62. The number of fused-ring (bicyclic) bond motifs is 1. The number of benzene rings is 3. The quantitative estimate of drug-likeness (QED) is 0.381. The fourth-order valence-electron chi connectivity index (χ4n) is 5.14. The first-order chi connectivity index (χ1) is 17.6. The summed E-state index contributed by atoms with van der Waals surface area (Å²) < 4.78 is 16.9. The number of amides is 1. The molecule has 1 saturated heterocycles. The highest BCUT2D eigenvalue weighted by molar-refractivity contribution is 5.85. The molecule has 3 aromatic carbocycles. The third-order valence-corrected chi connectivity index (χ3v) is 6.80. The Morgan fingerprint density at radius 1 is 0.861 bits per heavy atom. The number of carbonyl (C=O) groups is 2. The lowest BCUT2D eigenvalue weighted by Gasteiger charge is -2.25. The first-order valence-corrected chi connectivity index (χ1v) is 12.3. The molecule has 3 atom stereocenters. The molecule has 6 nitrogen and oxygen atoms in total. The summed E-state index contributed by atoms with van der Waals surface area (Å²) in [7, 11) is 0. The lowest BCUT2D eigenvalue weighted by atomic mass is 9.87. The molecule has 1 fully saturated rings. The molecule has 3 aromatic rings. The second kappa shape index (κ2) is 10.7. The third-order valence-electron chi connectivity index (χ3n) is 6.80. The van der Waals surface area contributed by atoms with E-state index in [4.69, 9.17) is 14.2 Å². The van der Waals surface area contributed by atoms with Crippen LogP contribution >= 0.6 is 0 Å². The summed E-state index contributed by atoms with van der Waals surface area (Å²) >= 11 is 0. The average Bonchev–Trinajstić information content (AvgIpc) is 3.49. The minimum atomic E-state index is -0.660. The van der Waals surface area contributed by atoms with E-state index in [0.717, 1.165) is 28.2 Å². The lowest BCUT2D eigenvalue weighted by Crippen LogP contribution is -2.44. The van der Waals surface area contributed by atoms with E-state index in [2.05, 4.69) is 6.08 Å². The number of carbonyl (C=O) groups excluding carboxylic acids is 2. The van der Waals surface area contributed by atoms with Crippen LogP contribution in [0, 0.1) is 11.8 Å². The molecule has 36 heavy (non-hydrogen) atoms. The molecule has 1 heterocycles. The largest absolute Gasteiger partial charge is 0.464 e. The predicted octanol–water partition coefficient (Wildman–Crippen LogP) is 6.08. The Kier molecular flexibility index (Phi) is 7.03. The van der Waals surface area contributed by atoms with Gasteiger partial charge >= 0.3 is 12.1 Å². The van der Waals surface area contributed by atoms with Crippen molar-refractivity contribution >= 4 is 17.6 Å². The number of ether oxygens (including phenoxy) is 3. The van der Waals surface area contributed by atoms with E-state index in [1.165, 1.54) is 0 Å². The molecular weight excluding hydrogens is 454 g/mol. The van der Waals surface area contributed by atoms with Crippen molar-refractivity contribution in [3.8, 4) is 11.5 Å². The highest BCUT2D eigenvalue weighted by Gasteiger charge is 2.52. The molecule has 0 saturated carbocycles. The van der Waals surface area contributed by atoms with Crippen LogP contribution in [0.3, 0.4) is 0 Å². The topological polar surface area (TPSA) is 65.1 Å². The van der Waals surface area contributed by atoms with E-state index >= 15 is 0 Å². The number of likely N-dealkylation sites (tertiary alicyclic amines) is 1. The number of nitrogens with zero attached hydrogens (tertiary/aromatic N) is 1. The number of hydrogen-bond donors (Lipinski definition) is 0. The van der Waals surface area contributed by atoms with Gasteiger partial charge in [0.1, 0.15) is 24.1 Å². The van der Waals surface area contributed by atoms with Crippen LogP contribution in [0.5, 0.6) is 11.5 Å². The number of para-hydroxylation sites is 1. The number of esters is 1. The summed E-state index contributed by atoms with van der Waals surface area (Å²) in [6.07, 6.45) is 2.40. The van der Waals surface area contributed by atoms with Gasteiger partial charge in [0.25, 0.3) is 0 Å². The zero-order valence-corrected chi connectivity index (χ0v) is 20.2. The van der Waals surface area contributed by atoms with Crippen molar-refractivity contribution in [2.24, 2.45) is 11.8 Å². The molecule has 6 heteroatoms. The van der Waals surface area contributed by atoms with Crippen molar-refractivity contribution in [2.75, 3.05) is 13.2 Å². The molecule has 0 bridgehead atoms. The molecule has 0 unspecified atom stereocenters. The van der Waals surface area contributed by atoms with Crippen LogP contribution in [0.4, 0.5) is 4.79 Å². The van der Waals surface area contributed by atoms with Crippen molar-refractivity contribution in [1.82, 2.24) is 4.90 Å². The average molecular weight is 484 g/mol. The monoisotopic (exact) mass is 483 g/mol. The molecule has 1 aliphatic carbocycles. The van der Waals surface area contributed by atoms with E-state index in [-0.39, 0.29) is 31.0 Å². The van der Waals surface area contributed by atoms with Gasteiger partial charge in [-0.15, -0.1) is 0 Å². The summed E-state index contributed by atoms with van der Waals surface area (Å²) in [5.74, 6) is 1.15. The minimum Gasteiger partial charge on any atom is -0.464 e. The van der Waals surface area contributed by atoms with Gasteiger partial charge in [0.15, 0.2) is 0 Å². The van der Waals surface area contributed by atoms with E-state index in [9.17, 15) is 9.59 Å². The van der Waals surface area contributed by atoms with Gasteiger partial charge in [0, 0.05) is 18.4 Å². The molecule has 0 aromatic heterocycles. The van der Waals surface area contributed by atoms with Crippen molar-refractivity contribution < 1.29 is 23.8 Å². The van der Waals surface area contributed by atoms with Crippen LogP contribution in [-0.2, 0) is 20.9 Å². The summed E-state index contributed by atoms with van der Waals surface area (Å²) in [6, 6.07) is 26.5. The van der Waals surface area contributed by atoms with E-state index < -0.39 is 12.1 Å². The maximum Gasteiger partial charge on any atom is 0.410 e. The molecule has 0 radical (unpaired) electrons. The summed E-state index contributed by atoms with van der Waals surface area (Å²) in [4.78, 5) is 27.6.